The zero-order valence-electron chi connectivity index (χ0n) is 11.1. The number of rotatable bonds is 12. The van der Waals surface area contributed by atoms with Crippen LogP contribution >= 0.6 is 0 Å². The first kappa shape index (κ1) is 15.1. The van der Waals surface area contributed by atoms with Crippen molar-refractivity contribution in [3.05, 3.63) is 12.7 Å². The summed E-state index contributed by atoms with van der Waals surface area (Å²) in [5.74, 6) is 0. The zero-order chi connectivity index (χ0) is 12.9. The highest BCUT2D eigenvalue weighted by Gasteiger charge is 1.93. The molecule has 0 amide bonds. The van der Waals surface area contributed by atoms with Gasteiger partial charge in [-0.1, -0.05) is 13.3 Å². The molecule has 0 unspecified atom stereocenters. The van der Waals surface area contributed by atoms with Crippen LogP contribution in [0.15, 0.2) is 12.7 Å². The summed E-state index contributed by atoms with van der Waals surface area (Å²) >= 11 is 0. The summed E-state index contributed by atoms with van der Waals surface area (Å²) in [5.41, 5.74) is 0. The molecule has 0 bridgehead atoms. The van der Waals surface area contributed by atoms with Crippen LogP contribution in [-0.4, -0.2) is 54.4 Å². The van der Waals surface area contributed by atoms with E-state index in [4.69, 9.17) is 14.2 Å². The van der Waals surface area contributed by atoms with Crippen molar-refractivity contribution in [1.82, 2.24) is 14.8 Å². The standard InChI is InChI=1S/C12H23N3O3/c1-2-3-5-16-7-9-18-10-8-17-6-4-15-12-13-11-14-15/h11-12H,2-10H2,1H3. The number of nitrogens with zero attached hydrogens (tertiary/aromatic N) is 3. The maximum atomic E-state index is 5.40. The largest absolute Gasteiger partial charge is 0.379 e. The van der Waals surface area contributed by atoms with Crippen LogP contribution in [0.5, 0.6) is 0 Å². The molecular weight excluding hydrogens is 234 g/mol. The van der Waals surface area contributed by atoms with Crippen LogP contribution in [0.3, 0.4) is 0 Å². The predicted molar refractivity (Wildman–Crippen MR) is 67.4 cm³/mol. The molecule has 0 aliphatic rings. The quantitative estimate of drug-likeness (QED) is 0.525. The van der Waals surface area contributed by atoms with Crippen molar-refractivity contribution in [2.24, 2.45) is 0 Å². The predicted octanol–water partition coefficient (Wildman–Crippen LogP) is 1.13. The fourth-order valence-electron chi connectivity index (χ4n) is 1.29. The molecule has 18 heavy (non-hydrogen) atoms. The molecule has 104 valence electrons. The Kier molecular flexibility index (Phi) is 9.32. The molecule has 0 aliphatic heterocycles. The summed E-state index contributed by atoms with van der Waals surface area (Å²) in [5, 5.41) is 3.98. The van der Waals surface area contributed by atoms with Gasteiger partial charge in [0, 0.05) is 6.61 Å². The van der Waals surface area contributed by atoms with E-state index >= 15 is 0 Å². The lowest BCUT2D eigenvalue weighted by atomic mass is 10.4. The highest BCUT2D eigenvalue weighted by Crippen LogP contribution is 1.88. The maximum Gasteiger partial charge on any atom is 0.137 e. The van der Waals surface area contributed by atoms with Gasteiger partial charge >= 0.3 is 0 Å². The summed E-state index contributed by atoms with van der Waals surface area (Å²) < 4.78 is 17.9. The SMILES string of the molecule is CCCCOCCOCCOCCn1cncn1. The molecule has 1 rings (SSSR count). The summed E-state index contributed by atoms with van der Waals surface area (Å²) in [4.78, 5) is 3.85. The fourth-order valence-corrected chi connectivity index (χ4v) is 1.29. The number of unbranched alkanes of at least 4 members (excludes halogenated alkanes) is 1. The van der Waals surface area contributed by atoms with E-state index in [-0.39, 0.29) is 0 Å². The summed E-state index contributed by atoms with van der Waals surface area (Å²) in [7, 11) is 0. The van der Waals surface area contributed by atoms with Gasteiger partial charge in [0.2, 0.25) is 0 Å². The van der Waals surface area contributed by atoms with E-state index in [2.05, 4.69) is 17.0 Å². The number of ether oxygens (including phenoxy) is 3. The average Bonchev–Trinajstić information content (AvgIpc) is 2.89. The van der Waals surface area contributed by atoms with E-state index in [0.29, 0.717) is 33.0 Å². The first-order valence-electron chi connectivity index (χ1n) is 6.49. The lowest BCUT2D eigenvalue weighted by Gasteiger charge is -2.06. The molecule has 0 aliphatic carbocycles. The molecule has 1 aromatic heterocycles. The Morgan fingerprint density at radius 3 is 2.22 bits per heavy atom. The van der Waals surface area contributed by atoms with Gasteiger partial charge in [0.25, 0.3) is 0 Å². The molecule has 1 aromatic rings. The molecule has 1 heterocycles. The van der Waals surface area contributed by atoms with E-state index in [1.54, 1.807) is 11.0 Å². The first-order valence-corrected chi connectivity index (χ1v) is 6.49. The molecule has 0 saturated heterocycles. The van der Waals surface area contributed by atoms with Crippen LogP contribution in [0.1, 0.15) is 19.8 Å². The lowest BCUT2D eigenvalue weighted by molar-refractivity contribution is 0.0123. The Labute approximate surface area is 108 Å². The topological polar surface area (TPSA) is 58.4 Å². The highest BCUT2D eigenvalue weighted by atomic mass is 16.5. The Hall–Kier alpha value is -0.980. The zero-order valence-corrected chi connectivity index (χ0v) is 11.1. The van der Waals surface area contributed by atoms with Crippen molar-refractivity contribution in [3.8, 4) is 0 Å². The molecule has 0 atom stereocenters. The molecule has 0 fully saturated rings. The van der Waals surface area contributed by atoms with Crippen molar-refractivity contribution in [3.63, 3.8) is 0 Å². The fraction of sp³-hybridized carbons (Fsp3) is 0.833. The van der Waals surface area contributed by atoms with Crippen molar-refractivity contribution in [2.45, 2.75) is 26.3 Å². The number of aromatic nitrogens is 3. The number of hydrogen-bond donors (Lipinski definition) is 0. The molecule has 0 radical (unpaired) electrons. The molecule has 6 nitrogen and oxygen atoms in total. The first-order chi connectivity index (χ1) is 8.93. The Morgan fingerprint density at radius 2 is 1.61 bits per heavy atom. The van der Waals surface area contributed by atoms with E-state index in [0.717, 1.165) is 19.6 Å². The Morgan fingerprint density at radius 1 is 0.944 bits per heavy atom. The molecule has 0 aromatic carbocycles. The Balaban J connectivity index is 1.73. The molecule has 0 saturated carbocycles. The van der Waals surface area contributed by atoms with Gasteiger partial charge in [0.05, 0.1) is 39.6 Å². The third-order valence-corrected chi connectivity index (χ3v) is 2.32. The second kappa shape index (κ2) is 11.1. The van der Waals surface area contributed by atoms with Crippen molar-refractivity contribution in [2.75, 3.05) is 39.6 Å². The van der Waals surface area contributed by atoms with Gasteiger partial charge in [-0.3, -0.25) is 4.68 Å². The van der Waals surface area contributed by atoms with Gasteiger partial charge in [-0.15, -0.1) is 0 Å². The Bertz CT molecular complexity index is 268. The van der Waals surface area contributed by atoms with Gasteiger partial charge in [-0.05, 0) is 6.42 Å². The average molecular weight is 257 g/mol. The van der Waals surface area contributed by atoms with Crippen molar-refractivity contribution in [1.29, 1.82) is 0 Å². The van der Waals surface area contributed by atoms with E-state index in [9.17, 15) is 0 Å². The van der Waals surface area contributed by atoms with Gasteiger partial charge in [-0.25, -0.2) is 4.98 Å². The lowest BCUT2D eigenvalue weighted by Crippen LogP contribution is -2.12. The van der Waals surface area contributed by atoms with E-state index in [1.807, 2.05) is 0 Å². The molecule has 6 heteroatoms. The maximum absolute atomic E-state index is 5.40. The van der Waals surface area contributed by atoms with Crippen LogP contribution in [0.25, 0.3) is 0 Å². The number of hydrogen-bond acceptors (Lipinski definition) is 5. The van der Waals surface area contributed by atoms with E-state index < -0.39 is 0 Å². The molecule has 0 N–H and O–H groups in total. The minimum absolute atomic E-state index is 0.601. The van der Waals surface area contributed by atoms with Crippen LogP contribution in [0.2, 0.25) is 0 Å². The van der Waals surface area contributed by atoms with Gasteiger partial charge in [-0.2, -0.15) is 5.10 Å². The molecule has 0 spiro atoms. The van der Waals surface area contributed by atoms with Crippen molar-refractivity contribution >= 4 is 0 Å². The normalized spacial score (nSPS) is 10.9. The monoisotopic (exact) mass is 257 g/mol. The smallest absolute Gasteiger partial charge is 0.137 e. The second-order valence-corrected chi connectivity index (χ2v) is 3.85. The van der Waals surface area contributed by atoms with Gasteiger partial charge in [0.1, 0.15) is 12.7 Å². The second-order valence-electron chi connectivity index (χ2n) is 3.85. The summed E-state index contributed by atoms with van der Waals surface area (Å²) in [6.07, 6.45) is 5.47. The minimum Gasteiger partial charge on any atom is -0.379 e. The minimum atomic E-state index is 0.601. The van der Waals surface area contributed by atoms with Crippen LogP contribution in [0, 0.1) is 0 Å². The van der Waals surface area contributed by atoms with E-state index in [1.165, 1.54) is 12.7 Å². The highest BCUT2D eigenvalue weighted by molar-refractivity contribution is 4.54. The third kappa shape index (κ3) is 8.16. The van der Waals surface area contributed by atoms with Crippen molar-refractivity contribution < 1.29 is 14.2 Å². The van der Waals surface area contributed by atoms with Gasteiger partial charge < -0.3 is 14.2 Å². The van der Waals surface area contributed by atoms with Gasteiger partial charge in [0.15, 0.2) is 0 Å². The molecular formula is C12H23N3O3. The third-order valence-electron chi connectivity index (χ3n) is 2.32. The van der Waals surface area contributed by atoms with Crippen LogP contribution in [0.4, 0.5) is 0 Å². The van der Waals surface area contributed by atoms with Crippen LogP contribution in [-0.2, 0) is 20.8 Å². The summed E-state index contributed by atoms with van der Waals surface area (Å²) in [6.45, 7) is 6.83. The van der Waals surface area contributed by atoms with Crippen LogP contribution < -0.4 is 0 Å². The summed E-state index contributed by atoms with van der Waals surface area (Å²) in [6, 6.07) is 0.